The van der Waals surface area contributed by atoms with E-state index in [1.807, 2.05) is 24.3 Å². The van der Waals surface area contributed by atoms with Crippen LogP contribution in [0.25, 0.3) is 16.6 Å². The Labute approximate surface area is 188 Å². The van der Waals surface area contributed by atoms with Crippen LogP contribution in [0.3, 0.4) is 0 Å². The molecule has 5 rings (SSSR count). The lowest BCUT2D eigenvalue weighted by Gasteiger charge is -2.27. The van der Waals surface area contributed by atoms with E-state index < -0.39 is 0 Å². The Morgan fingerprint density at radius 2 is 2.09 bits per heavy atom. The quantitative estimate of drug-likeness (QED) is 0.210. The number of fused-ring (bicyclic) bond motifs is 1. The fraction of sp³-hybridized carbons (Fsp3) is 0.136. The molecule has 9 nitrogen and oxygen atoms in total. The number of aromatic nitrogens is 5. The van der Waals surface area contributed by atoms with Gasteiger partial charge in [0, 0.05) is 36.4 Å². The van der Waals surface area contributed by atoms with Gasteiger partial charge in [-0.3, -0.25) is 5.41 Å². The predicted octanol–water partition coefficient (Wildman–Crippen LogP) is 2.20. The van der Waals surface area contributed by atoms with Crippen LogP contribution in [0.5, 0.6) is 0 Å². The summed E-state index contributed by atoms with van der Waals surface area (Å²) in [7, 11) is 0. The number of nitrogens with two attached hydrogens (primary N) is 2. The van der Waals surface area contributed by atoms with Crippen LogP contribution in [0.2, 0.25) is 5.28 Å². The summed E-state index contributed by atoms with van der Waals surface area (Å²) in [5.74, 6) is 1.53. The molecule has 0 fully saturated rings. The molecule has 1 aromatic carbocycles. The number of halogens is 1. The predicted molar refractivity (Wildman–Crippen MR) is 127 cm³/mol. The van der Waals surface area contributed by atoms with Gasteiger partial charge in [-0.05, 0) is 53.9 Å². The first-order valence-electron chi connectivity index (χ1n) is 10.1. The molecular weight excluding hydrogens is 426 g/mol. The molecule has 0 bridgehead atoms. The fourth-order valence-electron chi connectivity index (χ4n) is 3.77. The van der Waals surface area contributed by atoms with E-state index in [1.165, 1.54) is 18.1 Å². The summed E-state index contributed by atoms with van der Waals surface area (Å²) in [4.78, 5) is 22.7. The van der Waals surface area contributed by atoms with E-state index in [4.69, 9.17) is 22.7 Å². The number of nitrogens with zero attached hydrogens (tertiary/aromatic N) is 5. The van der Waals surface area contributed by atoms with E-state index in [0.29, 0.717) is 11.5 Å². The highest BCUT2D eigenvalue weighted by molar-refractivity contribution is 6.28. The Bertz CT molecular complexity index is 1340. The van der Waals surface area contributed by atoms with Crippen molar-refractivity contribution in [2.45, 2.75) is 6.42 Å². The van der Waals surface area contributed by atoms with Crippen LogP contribution in [0.15, 0.2) is 48.9 Å². The summed E-state index contributed by atoms with van der Waals surface area (Å²) in [6.07, 6.45) is 7.74. The van der Waals surface area contributed by atoms with Crippen molar-refractivity contribution in [2.75, 3.05) is 29.0 Å². The molecule has 6 N–H and O–H groups in total. The van der Waals surface area contributed by atoms with E-state index >= 15 is 0 Å². The number of anilines is 4. The first-order chi connectivity index (χ1) is 15.6. The number of nitrogen functional groups attached to an aromatic ring is 1. The molecule has 0 saturated heterocycles. The zero-order valence-corrected chi connectivity index (χ0v) is 17.8. The van der Waals surface area contributed by atoms with Gasteiger partial charge in [-0.15, -0.1) is 0 Å². The van der Waals surface area contributed by atoms with E-state index in [-0.39, 0.29) is 5.28 Å². The average molecular weight is 447 g/mol. The number of rotatable bonds is 5. The minimum Gasteiger partial charge on any atom is -0.398 e. The molecular formula is C22H21ClN9+. The van der Waals surface area contributed by atoms with Gasteiger partial charge in [0.15, 0.2) is 6.21 Å². The van der Waals surface area contributed by atoms with Gasteiger partial charge in [-0.1, -0.05) is 6.08 Å². The van der Waals surface area contributed by atoms with Gasteiger partial charge in [0.05, 0.1) is 10.9 Å². The first-order valence-corrected chi connectivity index (χ1v) is 10.5. The summed E-state index contributed by atoms with van der Waals surface area (Å²) < 4.78 is 0. The summed E-state index contributed by atoms with van der Waals surface area (Å²) in [5.41, 5.74) is 11.2. The molecule has 0 amide bonds. The van der Waals surface area contributed by atoms with Crippen molar-refractivity contribution in [3.63, 3.8) is 0 Å². The maximum atomic E-state index is 5.93. The highest BCUT2D eigenvalue weighted by Gasteiger charge is 2.17. The largest absolute Gasteiger partial charge is 0.398 e. The van der Waals surface area contributed by atoms with E-state index in [0.717, 1.165) is 53.3 Å². The minimum atomic E-state index is 0.254. The topological polar surface area (TPSA) is 134 Å². The number of benzene rings is 1. The van der Waals surface area contributed by atoms with Crippen molar-refractivity contribution < 1.29 is 5.41 Å². The lowest BCUT2D eigenvalue weighted by atomic mass is 10.0. The molecule has 0 aliphatic carbocycles. The molecule has 0 saturated carbocycles. The minimum absolute atomic E-state index is 0.254. The molecule has 4 heterocycles. The standard InChI is InChI=1S/C22H20ClN9/c23-22-26-6-3-19(31-22)32-7-4-13(5-8-32)18-10-16-20(27-12-28-21(16)30-18)29-15-1-2-17(25)14(9-15)11-24/h1-4,6,9-12,24H,5,7-8,25H2,(H2,27,28,29,30)/p+1. The summed E-state index contributed by atoms with van der Waals surface area (Å²) in [6, 6.07) is 9.53. The molecule has 0 unspecified atom stereocenters. The molecule has 1 aliphatic rings. The number of hydrogen-bond acceptors (Lipinski definition) is 7. The Morgan fingerprint density at radius 3 is 2.88 bits per heavy atom. The first kappa shape index (κ1) is 20.0. The SMILES string of the molecule is Nc1ccc(Nc2ncnc3[nH]c(C4=CCN(c5ccnc(Cl)n5)CC4)cc23)cc1C=[NH2+]. The third-order valence-corrected chi connectivity index (χ3v) is 5.63. The zero-order valence-electron chi connectivity index (χ0n) is 17.1. The van der Waals surface area contributed by atoms with Crippen molar-refractivity contribution >= 4 is 57.4 Å². The molecule has 10 heteroatoms. The average Bonchev–Trinajstić information content (AvgIpc) is 3.26. The number of hydrogen-bond donors (Lipinski definition) is 4. The van der Waals surface area contributed by atoms with Gasteiger partial charge in [0.25, 0.3) is 0 Å². The molecule has 32 heavy (non-hydrogen) atoms. The second-order valence-corrected chi connectivity index (χ2v) is 7.75. The van der Waals surface area contributed by atoms with Crippen molar-refractivity contribution in [3.05, 3.63) is 65.5 Å². The number of aromatic amines is 1. The molecule has 3 aromatic heterocycles. The smallest absolute Gasteiger partial charge is 0.224 e. The van der Waals surface area contributed by atoms with Gasteiger partial charge >= 0.3 is 0 Å². The third kappa shape index (κ3) is 3.85. The summed E-state index contributed by atoms with van der Waals surface area (Å²) >= 11 is 5.93. The van der Waals surface area contributed by atoms with Crippen LogP contribution in [-0.4, -0.2) is 44.2 Å². The molecule has 0 radical (unpaired) electrons. The summed E-state index contributed by atoms with van der Waals surface area (Å²) in [5, 5.41) is 10.2. The lowest BCUT2D eigenvalue weighted by molar-refractivity contribution is -0.104. The summed E-state index contributed by atoms with van der Waals surface area (Å²) in [6.45, 7) is 1.56. The maximum Gasteiger partial charge on any atom is 0.224 e. The van der Waals surface area contributed by atoms with Crippen molar-refractivity contribution in [1.29, 1.82) is 0 Å². The van der Waals surface area contributed by atoms with Crippen molar-refractivity contribution in [3.8, 4) is 0 Å². The third-order valence-electron chi connectivity index (χ3n) is 5.45. The Kier molecular flexibility index (Phi) is 5.16. The highest BCUT2D eigenvalue weighted by atomic mass is 35.5. The van der Waals surface area contributed by atoms with Crippen LogP contribution in [-0.2, 0) is 0 Å². The number of nitrogens with one attached hydrogen (secondary N) is 2. The van der Waals surface area contributed by atoms with Gasteiger partial charge < -0.3 is 20.9 Å². The lowest BCUT2D eigenvalue weighted by Crippen LogP contribution is -2.30. The van der Waals surface area contributed by atoms with Crippen LogP contribution in [0, 0.1) is 0 Å². The molecule has 0 spiro atoms. The van der Waals surface area contributed by atoms with Crippen LogP contribution >= 0.6 is 11.6 Å². The molecule has 4 aromatic rings. The van der Waals surface area contributed by atoms with Gasteiger partial charge in [0.1, 0.15) is 23.6 Å². The normalized spacial score (nSPS) is 13.8. The molecule has 160 valence electrons. The van der Waals surface area contributed by atoms with Crippen molar-refractivity contribution in [2.24, 2.45) is 0 Å². The Balaban J connectivity index is 1.40. The van der Waals surface area contributed by atoms with Gasteiger partial charge in [-0.25, -0.2) is 19.9 Å². The molecule has 1 aliphatic heterocycles. The zero-order chi connectivity index (χ0) is 22.1. The fourth-order valence-corrected chi connectivity index (χ4v) is 3.91. The van der Waals surface area contributed by atoms with Gasteiger partial charge in [-0.2, -0.15) is 0 Å². The second kappa shape index (κ2) is 8.27. The van der Waals surface area contributed by atoms with Crippen molar-refractivity contribution in [1.82, 2.24) is 24.9 Å². The maximum absolute atomic E-state index is 5.93. The highest BCUT2D eigenvalue weighted by Crippen LogP contribution is 2.30. The van der Waals surface area contributed by atoms with Crippen LogP contribution in [0.4, 0.5) is 23.0 Å². The van der Waals surface area contributed by atoms with E-state index in [9.17, 15) is 0 Å². The van der Waals surface area contributed by atoms with Gasteiger partial charge in [0.2, 0.25) is 5.28 Å². The van der Waals surface area contributed by atoms with E-state index in [2.05, 4.69) is 47.3 Å². The molecule has 0 atom stereocenters. The Hall–Kier alpha value is -3.98. The van der Waals surface area contributed by atoms with E-state index in [1.54, 1.807) is 6.20 Å². The Morgan fingerprint density at radius 1 is 1.19 bits per heavy atom. The number of H-pyrrole nitrogens is 1. The van der Waals surface area contributed by atoms with Crippen LogP contribution in [0.1, 0.15) is 17.7 Å². The second-order valence-electron chi connectivity index (χ2n) is 7.41. The monoisotopic (exact) mass is 446 g/mol. The van der Waals surface area contributed by atoms with Crippen LogP contribution < -0.4 is 21.4 Å².